The van der Waals surface area contributed by atoms with Crippen LogP contribution in [0, 0.1) is 5.92 Å². The van der Waals surface area contributed by atoms with E-state index in [1.165, 1.54) is 36.8 Å². The molecule has 1 amide bonds. The number of carbonyl (C=O) groups excluding carboxylic acids is 1. The summed E-state index contributed by atoms with van der Waals surface area (Å²) in [5.74, 6) is -0.0596. The van der Waals surface area contributed by atoms with E-state index < -0.39 is 6.04 Å². The van der Waals surface area contributed by atoms with Crippen molar-refractivity contribution in [2.75, 3.05) is 39.4 Å². The molecule has 2 saturated heterocycles. The molecule has 29 heavy (non-hydrogen) atoms. The van der Waals surface area contributed by atoms with E-state index in [1.54, 1.807) is 0 Å². The van der Waals surface area contributed by atoms with Crippen LogP contribution in [0.5, 0.6) is 0 Å². The van der Waals surface area contributed by atoms with Gasteiger partial charge in [-0.25, -0.2) is 0 Å². The summed E-state index contributed by atoms with van der Waals surface area (Å²) in [6, 6.07) is 9.54. The topological polar surface area (TPSA) is 76.0 Å². The van der Waals surface area contributed by atoms with Gasteiger partial charge in [0.05, 0.1) is 25.2 Å². The summed E-state index contributed by atoms with van der Waals surface area (Å²) in [6.45, 7) is 3.73. The third kappa shape index (κ3) is 4.82. The third-order valence-corrected chi connectivity index (χ3v) is 7.17. The van der Waals surface area contributed by atoms with Gasteiger partial charge in [0, 0.05) is 18.6 Å². The molecule has 6 nitrogen and oxygen atoms in total. The van der Waals surface area contributed by atoms with Crippen LogP contribution in [0.4, 0.5) is 0 Å². The number of carbonyl (C=O) groups is 1. The van der Waals surface area contributed by atoms with Crippen LogP contribution in [-0.4, -0.2) is 83.4 Å². The Kier molecular flexibility index (Phi) is 6.85. The highest BCUT2D eigenvalue weighted by Gasteiger charge is 2.34. The molecule has 0 spiro atoms. The first-order valence-corrected chi connectivity index (χ1v) is 11.2. The molecule has 1 atom stereocenters. The van der Waals surface area contributed by atoms with Crippen molar-refractivity contribution in [3.8, 4) is 0 Å². The van der Waals surface area contributed by atoms with Gasteiger partial charge >= 0.3 is 0 Å². The molecule has 6 heteroatoms. The van der Waals surface area contributed by atoms with Gasteiger partial charge in [-0.15, -0.1) is 0 Å². The molecule has 0 saturated carbocycles. The van der Waals surface area contributed by atoms with E-state index in [1.807, 2.05) is 0 Å². The van der Waals surface area contributed by atoms with Crippen LogP contribution in [0.1, 0.15) is 36.8 Å². The predicted molar refractivity (Wildman–Crippen MR) is 113 cm³/mol. The van der Waals surface area contributed by atoms with Crippen LogP contribution >= 0.6 is 0 Å². The first-order valence-electron chi connectivity index (χ1n) is 11.2. The van der Waals surface area contributed by atoms with Gasteiger partial charge in [-0.3, -0.25) is 14.6 Å². The number of rotatable bonds is 6. The van der Waals surface area contributed by atoms with E-state index in [0.717, 1.165) is 39.0 Å². The van der Waals surface area contributed by atoms with Crippen molar-refractivity contribution in [1.82, 2.24) is 15.1 Å². The lowest BCUT2D eigenvalue weighted by atomic mass is 9.92. The number of amides is 1. The maximum absolute atomic E-state index is 12.5. The zero-order valence-electron chi connectivity index (χ0n) is 17.3. The van der Waals surface area contributed by atoms with Crippen LogP contribution in [0.2, 0.25) is 0 Å². The van der Waals surface area contributed by atoms with Gasteiger partial charge in [-0.1, -0.05) is 24.3 Å². The molecule has 1 aliphatic carbocycles. The second-order valence-corrected chi connectivity index (χ2v) is 9.00. The monoisotopic (exact) mass is 401 g/mol. The van der Waals surface area contributed by atoms with Gasteiger partial charge in [0.1, 0.15) is 0 Å². The fourth-order valence-corrected chi connectivity index (χ4v) is 5.43. The average Bonchev–Trinajstić information content (AvgIpc) is 3.22. The Morgan fingerprint density at radius 1 is 0.966 bits per heavy atom. The van der Waals surface area contributed by atoms with Crippen LogP contribution < -0.4 is 5.32 Å². The number of benzene rings is 1. The van der Waals surface area contributed by atoms with Crippen molar-refractivity contribution in [3.63, 3.8) is 0 Å². The zero-order chi connectivity index (χ0) is 20.2. The van der Waals surface area contributed by atoms with Gasteiger partial charge < -0.3 is 15.5 Å². The summed E-state index contributed by atoms with van der Waals surface area (Å²) in [5.41, 5.74) is 3.04. The largest absolute Gasteiger partial charge is 0.394 e. The Bertz CT molecular complexity index is 661. The second kappa shape index (κ2) is 9.56. The number of fused-ring (bicyclic) bond motifs is 1. The van der Waals surface area contributed by atoms with Gasteiger partial charge in [-0.2, -0.15) is 0 Å². The Morgan fingerprint density at radius 2 is 1.62 bits per heavy atom. The molecule has 0 radical (unpaired) electrons. The van der Waals surface area contributed by atoms with E-state index in [-0.39, 0.29) is 25.0 Å². The molecule has 4 rings (SSSR count). The van der Waals surface area contributed by atoms with E-state index in [9.17, 15) is 15.0 Å². The lowest BCUT2D eigenvalue weighted by Crippen LogP contribution is -2.53. The average molecular weight is 402 g/mol. The number of hydrogen-bond acceptors (Lipinski definition) is 5. The standard InChI is InChI=1S/C23H35N3O3/c27-15-20(16-28)24-23(29)19-6-3-9-26(14-19)21-7-10-25(11-8-21)22-12-17-4-1-2-5-18(17)13-22/h1-2,4-5,19-22,27-28H,3,6-16H2,(H,24,29)/t19-/m0/s1. The normalized spacial score (nSPS) is 24.7. The predicted octanol–water partition coefficient (Wildman–Crippen LogP) is 0.800. The smallest absolute Gasteiger partial charge is 0.224 e. The van der Waals surface area contributed by atoms with Crippen LogP contribution in [0.15, 0.2) is 24.3 Å². The highest BCUT2D eigenvalue weighted by atomic mass is 16.3. The van der Waals surface area contributed by atoms with Gasteiger partial charge in [-0.05, 0) is 69.3 Å². The van der Waals surface area contributed by atoms with E-state index >= 15 is 0 Å². The van der Waals surface area contributed by atoms with Crippen molar-refractivity contribution >= 4 is 5.91 Å². The fraction of sp³-hybridized carbons (Fsp3) is 0.696. The molecule has 2 fully saturated rings. The molecule has 0 aromatic heterocycles. The van der Waals surface area contributed by atoms with Crippen LogP contribution in [0.25, 0.3) is 0 Å². The quantitative estimate of drug-likeness (QED) is 0.657. The highest BCUT2D eigenvalue weighted by molar-refractivity contribution is 5.79. The summed E-state index contributed by atoms with van der Waals surface area (Å²) in [5, 5.41) is 21.2. The van der Waals surface area contributed by atoms with Crippen LogP contribution in [-0.2, 0) is 17.6 Å². The number of likely N-dealkylation sites (tertiary alicyclic amines) is 2. The Morgan fingerprint density at radius 3 is 2.24 bits per heavy atom. The summed E-state index contributed by atoms with van der Waals surface area (Å²) < 4.78 is 0. The Hall–Kier alpha value is -1.47. The maximum Gasteiger partial charge on any atom is 0.224 e. The summed E-state index contributed by atoms with van der Waals surface area (Å²) in [7, 11) is 0. The zero-order valence-corrected chi connectivity index (χ0v) is 17.3. The number of hydrogen-bond donors (Lipinski definition) is 3. The number of nitrogens with one attached hydrogen (secondary N) is 1. The lowest BCUT2D eigenvalue weighted by Gasteiger charge is -2.43. The molecule has 1 aromatic carbocycles. The molecule has 0 unspecified atom stereocenters. The molecular formula is C23H35N3O3. The van der Waals surface area contributed by atoms with Gasteiger partial charge in [0.15, 0.2) is 0 Å². The molecule has 3 N–H and O–H groups in total. The van der Waals surface area contributed by atoms with Gasteiger partial charge in [0.25, 0.3) is 0 Å². The molecule has 3 aliphatic rings. The van der Waals surface area contributed by atoms with Crippen molar-refractivity contribution < 1.29 is 15.0 Å². The van der Waals surface area contributed by atoms with Crippen molar-refractivity contribution in [2.45, 2.75) is 56.7 Å². The molecule has 2 aliphatic heterocycles. The van der Waals surface area contributed by atoms with E-state index in [2.05, 4.69) is 39.4 Å². The number of piperidine rings is 2. The summed E-state index contributed by atoms with van der Waals surface area (Å²) >= 11 is 0. The summed E-state index contributed by atoms with van der Waals surface area (Å²) in [4.78, 5) is 17.7. The molecular weight excluding hydrogens is 366 g/mol. The minimum absolute atomic E-state index is 0.0241. The Balaban J connectivity index is 1.26. The second-order valence-electron chi connectivity index (χ2n) is 9.00. The minimum Gasteiger partial charge on any atom is -0.394 e. The first-order chi connectivity index (χ1) is 14.2. The molecule has 160 valence electrons. The van der Waals surface area contributed by atoms with E-state index in [0.29, 0.717) is 12.1 Å². The SMILES string of the molecule is O=C(NC(CO)CO)[C@H]1CCCN(C2CCN(C3Cc4ccccc4C3)CC2)C1. The molecule has 0 bridgehead atoms. The van der Waals surface area contributed by atoms with E-state index in [4.69, 9.17) is 0 Å². The molecule has 1 aromatic rings. The van der Waals surface area contributed by atoms with Crippen molar-refractivity contribution in [3.05, 3.63) is 35.4 Å². The third-order valence-electron chi connectivity index (χ3n) is 7.17. The van der Waals surface area contributed by atoms with Crippen molar-refractivity contribution in [2.24, 2.45) is 5.92 Å². The first kappa shape index (κ1) is 20.8. The number of aliphatic hydroxyl groups is 2. The number of aliphatic hydroxyl groups excluding tert-OH is 2. The lowest BCUT2D eigenvalue weighted by molar-refractivity contribution is -0.128. The Labute approximate surface area is 173 Å². The maximum atomic E-state index is 12.5. The molecule has 2 heterocycles. The van der Waals surface area contributed by atoms with Gasteiger partial charge in [0.2, 0.25) is 5.91 Å². The fourth-order valence-electron chi connectivity index (χ4n) is 5.43. The minimum atomic E-state index is -0.545. The highest BCUT2D eigenvalue weighted by Crippen LogP contribution is 2.29. The summed E-state index contributed by atoms with van der Waals surface area (Å²) in [6.07, 6.45) is 6.66. The van der Waals surface area contributed by atoms with Crippen molar-refractivity contribution in [1.29, 1.82) is 0 Å². The number of nitrogens with zero attached hydrogens (tertiary/aromatic N) is 2. The van der Waals surface area contributed by atoms with Crippen LogP contribution in [0.3, 0.4) is 0 Å².